The third kappa shape index (κ3) is 6.14. The zero-order chi connectivity index (χ0) is 25.5. The Bertz CT molecular complexity index is 1230. The summed E-state index contributed by atoms with van der Waals surface area (Å²) < 4.78 is 10.4. The maximum Gasteiger partial charge on any atom is 0.337 e. The predicted molar refractivity (Wildman–Crippen MR) is 138 cm³/mol. The second-order valence-electron chi connectivity index (χ2n) is 8.16. The maximum atomic E-state index is 12.8. The summed E-state index contributed by atoms with van der Waals surface area (Å²) in [6.07, 6.45) is 0. The molecule has 8 nitrogen and oxygen atoms in total. The number of halogens is 1. The molecule has 2 amide bonds. The summed E-state index contributed by atoms with van der Waals surface area (Å²) in [4.78, 5) is 41.5. The van der Waals surface area contributed by atoms with Gasteiger partial charge in [0.2, 0.25) is 0 Å². The van der Waals surface area contributed by atoms with Crippen LogP contribution in [0.3, 0.4) is 0 Å². The normalized spacial score (nSPS) is 13.2. The summed E-state index contributed by atoms with van der Waals surface area (Å²) in [6, 6.07) is 20.9. The molecule has 1 heterocycles. The number of nitrogens with zero attached hydrogens (tertiary/aromatic N) is 2. The lowest BCUT2D eigenvalue weighted by Crippen LogP contribution is -2.49. The van der Waals surface area contributed by atoms with Gasteiger partial charge in [0, 0.05) is 36.8 Å². The SMILES string of the molecule is COC(=O)c1ccc(N2CCN(C(=O)c3ccccc3)CC2)c(NC(=O)COc2ccc(Cl)cc2)c1. The topological polar surface area (TPSA) is 88.2 Å². The van der Waals surface area contributed by atoms with E-state index in [4.69, 9.17) is 21.1 Å². The third-order valence-corrected chi connectivity index (χ3v) is 6.06. The van der Waals surface area contributed by atoms with Crippen molar-refractivity contribution in [3.8, 4) is 5.75 Å². The van der Waals surface area contributed by atoms with E-state index in [1.165, 1.54) is 7.11 Å². The van der Waals surface area contributed by atoms with E-state index in [0.29, 0.717) is 53.8 Å². The highest BCUT2D eigenvalue weighted by molar-refractivity contribution is 6.30. The van der Waals surface area contributed by atoms with Gasteiger partial charge >= 0.3 is 5.97 Å². The summed E-state index contributed by atoms with van der Waals surface area (Å²) >= 11 is 5.88. The average molecular weight is 508 g/mol. The van der Waals surface area contributed by atoms with Crippen molar-refractivity contribution >= 4 is 40.8 Å². The van der Waals surface area contributed by atoms with Crippen LogP contribution in [0.15, 0.2) is 72.8 Å². The molecular formula is C27H26ClN3O5. The molecule has 0 atom stereocenters. The molecule has 3 aromatic rings. The lowest BCUT2D eigenvalue weighted by Gasteiger charge is -2.37. The van der Waals surface area contributed by atoms with E-state index in [1.54, 1.807) is 54.6 Å². The summed E-state index contributed by atoms with van der Waals surface area (Å²) in [5.74, 6) is -0.389. The third-order valence-electron chi connectivity index (χ3n) is 5.80. The Kier molecular flexibility index (Phi) is 8.07. The Morgan fingerprint density at radius 3 is 2.25 bits per heavy atom. The fourth-order valence-corrected chi connectivity index (χ4v) is 4.06. The molecule has 1 N–H and O–H groups in total. The molecule has 1 aliphatic rings. The van der Waals surface area contributed by atoms with Gasteiger partial charge in [0.15, 0.2) is 6.61 Å². The zero-order valence-electron chi connectivity index (χ0n) is 19.8. The highest BCUT2D eigenvalue weighted by Crippen LogP contribution is 2.29. The number of anilines is 2. The largest absolute Gasteiger partial charge is 0.484 e. The van der Waals surface area contributed by atoms with Crippen LogP contribution in [-0.4, -0.2) is 62.6 Å². The molecule has 1 saturated heterocycles. The fraction of sp³-hybridized carbons (Fsp3) is 0.222. The first-order valence-corrected chi connectivity index (χ1v) is 11.8. The van der Waals surface area contributed by atoms with E-state index in [1.807, 2.05) is 23.1 Å². The molecule has 186 valence electrons. The van der Waals surface area contributed by atoms with Crippen LogP contribution >= 0.6 is 11.6 Å². The molecule has 0 aromatic heterocycles. The van der Waals surface area contributed by atoms with Crippen LogP contribution in [0.1, 0.15) is 20.7 Å². The van der Waals surface area contributed by atoms with Gasteiger partial charge in [-0.25, -0.2) is 4.79 Å². The van der Waals surface area contributed by atoms with E-state index in [9.17, 15) is 14.4 Å². The van der Waals surface area contributed by atoms with Crippen LogP contribution in [0.2, 0.25) is 5.02 Å². The lowest BCUT2D eigenvalue weighted by atomic mass is 10.1. The number of methoxy groups -OCH3 is 1. The monoisotopic (exact) mass is 507 g/mol. The van der Waals surface area contributed by atoms with Crippen LogP contribution in [0.5, 0.6) is 5.75 Å². The van der Waals surface area contributed by atoms with Crippen LogP contribution in [0.25, 0.3) is 0 Å². The van der Waals surface area contributed by atoms with Crippen molar-refractivity contribution in [2.24, 2.45) is 0 Å². The molecule has 9 heteroatoms. The summed E-state index contributed by atoms with van der Waals surface area (Å²) in [7, 11) is 1.30. The molecule has 0 unspecified atom stereocenters. The number of carbonyl (C=O) groups excluding carboxylic acids is 3. The molecule has 3 aromatic carbocycles. The first-order chi connectivity index (χ1) is 17.4. The molecule has 0 bridgehead atoms. The van der Waals surface area contributed by atoms with Gasteiger partial charge in [-0.15, -0.1) is 0 Å². The molecule has 4 rings (SSSR count). The smallest absolute Gasteiger partial charge is 0.337 e. The van der Waals surface area contributed by atoms with E-state index in [0.717, 1.165) is 5.69 Å². The van der Waals surface area contributed by atoms with Gasteiger partial charge in [0.05, 0.1) is 24.0 Å². The zero-order valence-corrected chi connectivity index (χ0v) is 20.5. The van der Waals surface area contributed by atoms with E-state index in [2.05, 4.69) is 10.2 Å². The molecule has 1 fully saturated rings. The first kappa shape index (κ1) is 25.1. The standard InChI is InChI=1S/C27H26ClN3O5/c1-35-27(34)20-7-12-24(23(17-20)29-25(32)18-36-22-10-8-21(28)9-11-22)30-13-15-31(16-14-30)26(33)19-5-3-2-4-6-19/h2-12,17H,13-16,18H2,1H3,(H,29,32). The minimum atomic E-state index is -0.507. The van der Waals surface area contributed by atoms with Crippen molar-refractivity contribution in [1.29, 1.82) is 0 Å². The highest BCUT2D eigenvalue weighted by Gasteiger charge is 2.24. The van der Waals surface area contributed by atoms with Crippen molar-refractivity contribution in [1.82, 2.24) is 4.90 Å². The minimum Gasteiger partial charge on any atom is -0.484 e. The Balaban J connectivity index is 1.45. The van der Waals surface area contributed by atoms with Crippen molar-refractivity contribution < 1.29 is 23.9 Å². The molecule has 36 heavy (non-hydrogen) atoms. The molecule has 0 radical (unpaired) electrons. The minimum absolute atomic E-state index is 0.0100. The summed E-state index contributed by atoms with van der Waals surface area (Å²) in [5.41, 5.74) is 2.18. The average Bonchev–Trinajstić information content (AvgIpc) is 2.92. The van der Waals surface area contributed by atoms with E-state index >= 15 is 0 Å². The number of ether oxygens (including phenoxy) is 2. The van der Waals surface area contributed by atoms with Crippen molar-refractivity contribution in [2.75, 3.05) is 50.1 Å². The van der Waals surface area contributed by atoms with Crippen molar-refractivity contribution in [3.05, 3.63) is 88.9 Å². The Hall–Kier alpha value is -4.04. The van der Waals surface area contributed by atoms with E-state index < -0.39 is 5.97 Å². The van der Waals surface area contributed by atoms with Crippen LogP contribution in [0, 0.1) is 0 Å². The summed E-state index contributed by atoms with van der Waals surface area (Å²) in [6.45, 7) is 1.97. The number of carbonyl (C=O) groups is 3. The van der Waals surface area contributed by atoms with Gasteiger partial charge in [-0.1, -0.05) is 29.8 Å². The van der Waals surface area contributed by atoms with Crippen LogP contribution < -0.4 is 15.0 Å². The highest BCUT2D eigenvalue weighted by atomic mass is 35.5. The quantitative estimate of drug-likeness (QED) is 0.484. The van der Waals surface area contributed by atoms with Gasteiger partial charge in [0.1, 0.15) is 5.75 Å². The fourth-order valence-electron chi connectivity index (χ4n) is 3.94. The Morgan fingerprint density at radius 1 is 0.889 bits per heavy atom. The molecule has 1 aliphatic heterocycles. The number of benzene rings is 3. The number of piperazine rings is 1. The number of hydrogen-bond acceptors (Lipinski definition) is 6. The van der Waals surface area contributed by atoms with Crippen LogP contribution in [0.4, 0.5) is 11.4 Å². The predicted octanol–water partition coefficient (Wildman–Crippen LogP) is 4.11. The number of rotatable bonds is 7. The van der Waals surface area contributed by atoms with Crippen LogP contribution in [-0.2, 0) is 9.53 Å². The van der Waals surface area contributed by atoms with E-state index in [-0.39, 0.29) is 18.4 Å². The molecule has 0 aliphatic carbocycles. The molecule has 0 spiro atoms. The van der Waals surface area contributed by atoms with Gasteiger partial charge < -0.3 is 24.6 Å². The Labute approximate surface area is 214 Å². The van der Waals surface area contributed by atoms with Gasteiger partial charge in [-0.05, 0) is 54.6 Å². The maximum absolute atomic E-state index is 12.8. The molecule has 0 saturated carbocycles. The number of hydrogen-bond donors (Lipinski definition) is 1. The second kappa shape index (κ2) is 11.6. The first-order valence-electron chi connectivity index (χ1n) is 11.4. The second-order valence-corrected chi connectivity index (χ2v) is 8.60. The van der Waals surface area contributed by atoms with Gasteiger partial charge in [-0.2, -0.15) is 0 Å². The number of amides is 2. The van der Waals surface area contributed by atoms with Crippen molar-refractivity contribution in [3.63, 3.8) is 0 Å². The number of nitrogens with one attached hydrogen (secondary N) is 1. The summed E-state index contributed by atoms with van der Waals surface area (Å²) in [5, 5.41) is 3.42. The van der Waals surface area contributed by atoms with Gasteiger partial charge in [-0.3, -0.25) is 9.59 Å². The van der Waals surface area contributed by atoms with Crippen molar-refractivity contribution in [2.45, 2.75) is 0 Å². The lowest BCUT2D eigenvalue weighted by molar-refractivity contribution is -0.118. The Morgan fingerprint density at radius 2 is 1.58 bits per heavy atom. The molecular weight excluding hydrogens is 482 g/mol. The van der Waals surface area contributed by atoms with Gasteiger partial charge in [0.25, 0.3) is 11.8 Å². The number of esters is 1.